The van der Waals surface area contributed by atoms with Gasteiger partial charge in [-0.1, -0.05) is 6.92 Å². The van der Waals surface area contributed by atoms with Crippen LogP contribution in [0, 0.1) is 5.41 Å². The van der Waals surface area contributed by atoms with Gasteiger partial charge in [0, 0.05) is 12.6 Å². The SMILES string of the molecule is CC(C)N(CC(=O)O)C(=O)NCC1(C)CC1. The number of carbonyl (C=O) groups excluding carboxylic acids is 1. The topological polar surface area (TPSA) is 69.6 Å². The molecule has 1 saturated carbocycles. The number of carboxylic acids is 1. The van der Waals surface area contributed by atoms with Crippen LogP contribution < -0.4 is 5.32 Å². The summed E-state index contributed by atoms with van der Waals surface area (Å²) in [5.74, 6) is -0.985. The smallest absolute Gasteiger partial charge is 0.323 e. The minimum Gasteiger partial charge on any atom is -0.480 e. The van der Waals surface area contributed by atoms with E-state index in [9.17, 15) is 9.59 Å². The largest absolute Gasteiger partial charge is 0.480 e. The van der Waals surface area contributed by atoms with Crippen molar-refractivity contribution in [2.75, 3.05) is 13.1 Å². The lowest BCUT2D eigenvalue weighted by Crippen LogP contribution is -2.47. The number of hydrogen-bond donors (Lipinski definition) is 2. The first-order valence-electron chi connectivity index (χ1n) is 5.60. The average Bonchev–Trinajstić information content (AvgIpc) is 2.89. The predicted molar refractivity (Wildman–Crippen MR) is 60.2 cm³/mol. The summed E-state index contributed by atoms with van der Waals surface area (Å²) in [6, 6.07) is -0.395. The Morgan fingerprint density at radius 3 is 2.38 bits per heavy atom. The second-order valence-electron chi connectivity index (χ2n) is 5.08. The van der Waals surface area contributed by atoms with Gasteiger partial charge in [-0.25, -0.2) is 4.79 Å². The van der Waals surface area contributed by atoms with Crippen molar-refractivity contribution in [2.24, 2.45) is 5.41 Å². The van der Waals surface area contributed by atoms with Crippen LogP contribution >= 0.6 is 0 Å². The molecule has 2 amide bonds. The first-order chi connectivity index (χ1) is 7.34. The lowest BCUT2D eigenvalue weighted by atomic mass is 10.1. The standard InChI is InChI=1S/C11H20N2O3/c1-8(2)13(6-9(14)15)10(16)12-7-11(3)4-5-11/h8H,4-7H2,1-3H3,(H,12,16)(H,14,15). The molecule has 0 aromatic rings. The molecule has 0 heterocycles. The highest BCUT2D eigenvalue weighted by molar-refractivity contribution is 5.80. The third-order valence-electron chi connectivity index (χ3n) is 2.96. The Morgan fingerprint density at radius 1 is 1.44 bits per heavy atom. The molecule has 2 N–H and O–H groups in total. The zero-order chi connectivity index (χ0) is 12.3. The fourth-order valence-electron chi connectivity index (χ4n) is 1.42. The van der Waals surface area contributed by atoms with Gasteiger partial charge in [0.15, 0.2) is 0 Å². The molecular formula is C11H20N2O3. The Labute approximate surface area is 95.8 Å². The molecule has 0 unspecified atom stereocenters. The van der Waals surface area contributed by atoms with Crippen molar-refractivity contribution in [2.45, 2.75) is 39.7 Å². The van der Waals surface area contributed by atoms with Crippen LogP contribution in [0.1, 0.15) is 33.6 Å². The second-order valence-corrected chi connectivity index (χ2v) is 5.08. The molecule has 1 fully saturated rings. The van der Waals surface area contributed by atoms with E-state index in [4.69, 9.17) is 5.11 Å². The van der Waals surface area contributed by atoms with Crippen LogP contribution in [0.2, 0.25) is 0 Å². The molecule has 92 valence electrons. The van der Waals surface area contributed by atoms with Gasteiger partial charge in [-0.15, -0.1) is 0 Å². The third kappa shape index (κ3) is 3.72. The van der Waals surface area contributed by atoms with Gasteiger partial charge in [0.2, 0.25) is 0 Å². The lowest BCUT2D eigenvalue weighted by Gasteiger charge is -2.25. The number of carbonyl (C=O) groups is 2. The zero-order valence-electron chi connectivity index (χ0n) is 10.1. The quantitative estimate of drug-likeness (QED) is 0.745. The van der Waals surface area contributed by atoms with E-state index < -0.39 is 5.97 Å². The van der Waals surface area contributed by atoms with Gasteiger partial charge in [0.25, 0.3) is 0 Å². The molecule has 16 heavy (non-hydrogen) atoms. The summed E-state index contributed by atoms with van der Waals surface area (Å²) in [7, 11) is 0. The Bertz CT molecular complexity index is 285. The van der Waals surface area contributed by atoms with Crippen LogP contribution in [0.4, 0.5) is 4.79 Å². The number of rotatable bonds is 5. The summed E-state index contributed by atoms with van der Waals surface area (Å²) < 4.78 is 0. The lowest BCUT2D eigenvalue weighted by molar-refractivity contribution is -0.138. The summed E-state index contributed by atoms with van der Waals surface area (Å²) in [4.78, 5) is 23.7. The maximum absolute atomic E-state index is 11.7. The van der Waals surface area contributed by atoms with E-state index in [1.807, 2.05) is 0 Å². The summed E-state index contributed by atoms with van der Waals surface area (Å²) in [6.07, 6.45) is 2.27. The van der Waals surface area contributed by atoms with Crippen LogP contribution in [0.15, 0.2) is 0 Å². The Balaban J connectivity index is 2.43. The molecule has 0 radical (unpaired) electrons. The van der Waals surface area contributed by atoms with Crippen LogP contribution in [0.3, 0.4) is 0 Å². The molecule has 0 aromatic heterocycles. The number of urea groups is 1. The molecule has 1 aliphatic rings. The van der Waals surface area contributed by atoms with Gasteiger partial charge < -0.3 is 15.3 Å². The third-order valence-corrected chi connectivity index (χ3v) is 2.96. The maximum atomic E-state index is 11.7. The first kappa shape index (κ1) is 12.8. The fourth-order valence-corrected chi connectivity index (χ4v) is 1.42. The molecule has 0 bridgehead atoms. The van der Waals surface area contributed by atoms with E-state index in [0.29, 0.717) is 6.54 Å². The van der Waals surface area contributed by atoms with Crippen molar-refractivity contribution in [1.29, 1.82) is 0 Å². The number of nitrogens with zero attached hydrogens (tertiary/aromatic N) is 1. The van der Waals surface area contributed by atoms with Gasteiger partial charge >= 0.3 is 12.0 Å². The monoisotopic (exact) mass is 228 g/mol. The maximum Gasteiger partial charge on any atom is 0.323 e. The molecule has 0 aliphatic heterocycles. The van der Waals surface area contributed by atoms with Gasteiger partial charge in [0.05, 0.1) is 0 Å². The minimum absolute atomic E-state index is 0.108. The van der Waals surface area contributed by atoms with Gasteiger partial charge in [-0.3, -0.25) is 4.79 Å². The minimum atomic E-state index is -0.985. The van der Waals surface area contributed by atoms with Gasteiger partial charge in [-0.2, -0.15) is 0 Å². The van der Waals surface area contributed by atoms with Crippen LogP contribution in [-0.2, 0) is 4.79 Å². The molecule has 0 saturated heterocycles. The molecule has 0 atom stereocenters. The Hall–Kier alpha value is -1.26. The normalized spacial score (nSPS) is 17.0. The molecule has 5 heteroatoms. The number of hydrogen-bond acceptors (Lipinski definition) is 2. The summed E-state index contributed by atoms with van der Waals surface area (Å²) in [5.41, 5.74) is 0.238. The molecule has 0 spiro atoms. The molecule has 1 aliphatic carbocycles. The number of carboxylic acid groups (broad SMARTS) is 1. The summed E-state index contributed by atoms with van der Waals surface area (Å²) >= 11 is 0. The van der Waals surface area contributed by atoms with Gasteiger partial charge in [0.1, 0.15) is 6.54 Å². The van der Waals surface area contributed by atoms with Crippen LogP contribution in [0.25, 0.3) is 0 Å². The molecule has 0 aromatic carbocycles. The van der Waals surface area contributed by atoms with Crippen molar-refractivity contribution < 1.29 is 14.7 Å². The Morgan fingerprint density at radius 2 is 2.00 bits per heavy atom. The van der Waals surface area contributed by atoms with Crippen molar-refractivity contribution in [3.05, 3.63) is 0 Å². The highest BCUT2D eigenvalue weighted by atomic mass is 16.4. The zero-order valence-corrected chi connectivity index (χ0v) is 10.1. The summed E-state index contributed by atoms with van der Waals surface area (Å²) in [5, 5.41) is 11.5. The van der Waals surface area contributed by atoms with Crippen LogP contribution in [-0.4, -0.2) is 41.1 Å². The van der Waals surface area contributed by atoms with Crippen molar-refractivity contribution in [1.82, 2.24) is 10.2 Å². The fraction of sp³-hybridized carbons (Fsp3) is 0.818. The Kier molecular flexibility index (Phi) is 3.78. The van der Waals surface area contributed by atoms with Crippen molar-refractivity contribution in [3.63, 3.8) is 0 Å². The van der Waals surface area contributed by atoms with E-state index in [0.717, 1.165) is 12.8 Å². The first-order valence-corrected chi connectivity index (χ1v) is 5.60. The van der Waals surface area contributed by atoms with E-state index >= 15 is 0 Å². The van der Waals surface area contributed by atoms with E-state index in [2.05, 4.69) is 12.2 Å². The highest BCUT2D eigenvalue weighted by Gasteiger charge is 2.37. The van der Waals surface area contributed by atoms with E-state index in [1.54, 1.807) is 13.8 Å². The number of nitrogens with one attached hydrogen (secondary N) is 1. The number of aliphatic carboxylic acids is 1. The summed E-state index contributed by atoms with van der Waals surface area (Å²) in [6.45, 7) is 6.11. The van der Waals surface area contributed by atoms with E-state index in [1.165, 1.54) is 4.90 Å². The van der Waals surface area contributed by atoms with Crippen molar-refractivity contribution >= 4 is 12.0 Å². The van der Waals surface area contributed by atoms with Crippen molar-refractivity contribution in [3.8, 4) is 0 Å². The predicted octanol–water partition coefficient (Wildman–Crippen LogP) is 1.29. The second kappa shape index (κ2) is 4.72. The number of amides is 2. The van der Waals surface area contributed by atoms with E-state index in [-0.39, 0.29) is 24.0 Å². The average molecular weight is 228 g/mol. The molecule has 5 nitrogen and oxygen atoms in total. The molecule has 1 rings (SSSR count). The highest BCUT2D eigenvalue weighted by Crippen LogP contribution is 2.44. The molecular weight excluding hydrogens is 208 g/mol. The van der Waals surface area contributed by atoms with Crippen LogP contribution in [0.5, 0.6) is 0 Å². The van der Waals surface area contributed by atoms with Gasteiger partial charge in [-0.05, 0) is 32.1 Å².